The van der Waals surface area contributed by atoms with Gasteiger partial charge < -0.3 is 16.0 Å². The molecule has 0 spiro atoms. The van der Waals surface area contributed by atoms with E-state index in [1.54, 1.807) is 0 Å². The number of nitrogens with one attached hydrogen (secondary N) is 1. The third-order valence-electron chi connectivity index (χ3n) is 4.37. The summed E-state index contributed by atoms with van der Waals surface area (Å²) in [6.07, 6.45) is 6.27. The first-order valence-electron chi connectivity index (χ1n) is 8.31. The average Bonchev–Trinajstić information content (AvgIpc) is 2.67. The van der Waals surface area contributed by atoms with E-state index in [1.807, 2.05) is 24.3 Å². The van der Waals surface area contributed by atoms with Gasteiger partial charge >= 0.3 is 0 Å². The van der Waals surface area contributed by atoms with Crippen LogP contribution in [0.1, 0.15) is 28.9 Å². The summed E-state index contributed by atoms with van der Waals surface area (Å²) >= 11 is 0. The Morgan fingerprint density at radius 3 is 2.72 bits per heavy atom. The van der Waals surface area contributed by atoms with Gasteiger partial charge in [-0.25, -0.2) is 4.98 Å². The lowest BCUT2D eigenvalue weighted by atomic mass is 9.97. The fourth-order valence-corrected chi connectivity index (χ4v) is 2.96. The van der Waals surface area contributed by atoms with E-state index < -0.39 is 0 Å². The maximum Gasteiger partial charge on any atom is 0.271 e. The van der Waals surface area contributed by atoms with Crippen molar-refractivity contribution in [3.63, 3.8) is 0 Å². The molecule has 1 aliphatic rings. The zero-order valence-corrected chi connectivity index (χ0v) is 13.9. The van der Waals surface area contributed by atoms with E-state index in [2.05, 4.69) is 20.2 Å². The second-order valence-corrected chi connectivity index (χ2v) is 6.13. The van der Waals surface area contributed by atoms with Gasteiger partial charge in [0.05, 0.1) is 12.1 Å². The van der Waals surface area contributed by atoms with Crippen molar-refractivity contribution in [1.29, 1.82) is 0 Å². The maximum atomic E-state index is 12.0. The molecule has 0 radical (unpaired) electrons. The Hall–Kier alpha value is -2.96. The Bertz CT molecular complexity index is 733. The maximum absolute atomic E-state index is 12.0. The smallest absolute Gasteiger partial charge is 0.271 e. The van der Waals surface area contributed by atoms with E-state index in [-0.39, 0.29) is 17.7 Å². The highest BCUT2D eigenvalue weighted by molar-refractivity contribution is 5.91. The molecule has 3 N–H and O–H groups in total. The number of primary amides is 1. The SMILES string of the molecule is NC(=O)[C@H]1CCCN(c2ccc(CNC(=O)c3cnccn3)cc2)C1. The average molecular weight is 339 g/mol. The van der Waals surface area contributed by atoms with Crippen LogP contribution < -0.4 is 16.0 Å². The summed E-state index contributed by atoms with van der Waals surface area (Å²) < 4.78 is 0. The van der Waals surface area contributed by atoms with Crippen molar-refractivity contribution in [2.24, 2.45) is 11.7 Å². The minimum Gasteiger partial charge on any atom is -0.371 e. The van der Waals surface area contributed by atoms with Crippen LogP contribution in [-0.4, -0.2) is 34.9 Å². The molecule has 1 aromatic heterocycles. The van der Waals surface area contributed by atoms with Gasteiger partial charge in [-0.15, -0.1) is 0 Å². The monoisotopic (exact) mass is 339 g/mol. The predicted molar refractivity (Wildman–Crippen MR) is 93.8 cm³/mol. The normalized spacial score (nSPS) is 17.1. The molecule has 0 aliphatic carbocycles. The molecule has 1 fully saturated rings. The third-order valence-corrected chi connectivity index (χ3v) is 4.37. The molecule has 7 heteroatoms. The van der Waals surface area contributed by atoms with Gasteiger partial charge in [0.15, 0.2) is 0 Å². The van der Waals surface area contributed by atoms with Crippen molar-refractivity contribution in [2.45, 2.75) is 19.4 Å². The number of anilines is 1. The Kier molecular flexibility index (Phi) is 5.23. The second kappa shape index (κ2) is 7.74. The highest BCUT2D eigenvalue weighted by atomic mass is 16.2. The van der Waals surface area contributed by atoms with E-state index in [1.165, 1.54) is 18.6 Å². The van der Waals surface area contributed by atoms with Crippen molar-refractivity contribution in [3.05, 3.63) is 54.1 Å². The first-order chi connectivity index (χ1) is 12.1. The van der Waals surface area contributed by atoms with Gasteiger partial charge in [-0.3, -0.25) is 14.6 Å². The number of amides is 2. The first-order valence-corrected chi connectivity index (χ1v) is 8.31. The number of carbonyl (C=O) groups is 2. The van der Waals surface area contributed by atoms with Crippen molar-refractivity contribution < 1.29 is 9.59 Å². The van der Waals surface area contributed by atoms with Crippen LogP contribution in [0.25, 0.3) is 0 Å². The van der Waals surface area contributed by atoms with Crippen LogP contribution in [-0.2, 0) is 11.3 Å². The molecule has 1 aliphatic heterocycles. The molecule has 3 rings (SSSR count). The number of benzene rings is 1. The number of carbonyl (C=O) groups excluding carboxylic acids is 2. The van der Waals surface area contributed by atoms with Crippen LogP contribution >= 0.6 is 0 Å². The van der Waals surface area contributed by atoms with E-state index in [4.69, 9.17) is 5.73 Å². The van der Waals surface area contributed by atoms with Crippen molar-refractivity contribution in [2.75, 3.05) is 18.0 Å². The quantitative estimate of drug-likeness (QED) is 0.850. The van der Waals surface area contributed by atoms with Crippen molar-refractivity contribution in [1.82, 2.24) is 15.3 Å². The zero-order chi connectivity index (χ0) is 17.6. The first kappa shape index (κ1) is 16.9. The number of piperidine rings is 1. The Labute approximate surface area is 146 Å². The van der Waals surface area contributed by atoms with Crippen LogP contribution in [0.4, 0.5) is 5.69 Å². The van der Waals surface area contributed by atoms with Crippen molar-refractivity contribution >= 4 is 17.5 Å². The van der Waals surface area contributed by atoms with Crippen LogP contribution in [0.5, 0.6) is 0 Å². The van der Waals surface area contributed by atoms with Gasteiger partial charge in [-0.05, 0) is 30.5 Å². The van der Waals surface area contributed by atoms with Gasteiger partial charge in [0.25, 0.3) is 5.91 Å². The van der Waals surface area contributed by atoms with Gasteiger partial charge in [0, 0.05) is 37.7 Å². The number of hydrogen-bond donors (Lipinski definition) is 2. The molecule has 25 heavy (non-hydrogen) atoms. The van der Waals surface area contributed by atoms with E-state index in [0.29, 0.717) is 18.8 Å². The molecule has 0 bridgehead atoms. The van der Waals surface area contributed by atoms with E-state index in [0.717, 1.165) is 30.6 Å². The van der Waals surface area contributed by atoms with Gasteiger partial charge in [0.2, 0.25) is 5.91 Å². The number of aromatic nitrogens is 2. The van der Waals surface area contributed by atoms with Gasteiger partial charge in [-0.1, -0.05) is 12.1 Å². The third kappa shape index (κ3) is 4.32. The summed E-state index contributed by atoms with van der Waals surface area (Å²) in [6.45, 7) is 2.00. The molecule has 2 aromatic rings. The number of nitrogens with two attached hydrogens (primary N) is 1. The van der Waals surface area contributed by atoms with E-state index >= 15 is 0 Å². The zero-order valence-electron chi connectivity index (χ0n) is 13.9. The van der Waals surface area contributed by atoms with Crippen LogP contribution in [0.15, 0.2) is 42.9 Å². The van der Waals surface area contributed by atoms with Gasteiger partial charge in [0.1, 0.15) is 5.69 Å². The molecular weight excluding hydrogens is 318 g/mol. The lowest BCUT2D eigenvalue weighted by Gasteiger charge is -2.33. The number of nitrogens with zero attached hydrogens (tertiary/aromatic N) is 3. The molecular formula is C18H21N5O2. The summed E-state index contributed by atoms with van der Waals surface area (Å²) in [7, 11) is 0. The Balaban J connectivity index is 1.57. The minimum absolute atomic E-state index is 0.0836. The lowest BCUT2D eigenvalue weighted by molar-refractivity contribution is -0.122. The number of hydrogen-bond acceptors (Lipinski definition) is 5. The summed E-state index contributed by atoms with van der Waals surface area (Å²) in [6, 6.07) is 7.96. The molecule has 1 aromatic carbocycles. The molecule has 130 valence electrons. The Morgan fingerprint density at radius 2 is 2.04 bits per heavy atom. The lowest BCUT2D eigenvalue weighted by Crippen LogP contribution is -2.41. The molecule has 2 heterocycles. The number of rotatable bonds is 5. The topological polar surface area (TPSA) is 101 Å². The summed E-state index contributed by atoms with van der Waals surface area (Å²) in [4.78, 5) is 33.4. The highest BCUT2D eigenvalue weighted by Crippen LogP contribution is 2.23. The van der Waals surface area contributed by atoms with Gasteiger partial charge in [-0.2, -0.15) is 0 Å². The summed E-state index contributed by atoms with van der Waals surface area (Å²) in [5.74, 6) is -0.565. The van der Waals surface area contributed by atoms with Crippen LogP contribution in [0.3, 0.4) is 0 Å². The fraction of sp³-hybridized carbons (Fsp3) is 0.333. The molecule has 0 saturated carbocycles. The largest absolute Gasteiger partial charge is 0.371 e. The summed E-state index contributed by atoms with van der Waals surface area (Å²) in [5, 5.41) is 2.82. The standard InChI is InChI=1S/C18H21N5O2/c19-17(24)14-2-1-9-23(12-14)15-5-3-13(4-6-15)10-22-18(25)16-11-20-7-8-21-16/h3-8,11,14H,1-2,9-10,12H2,(H2,19,24)(H,22,25)/t14-/m0/s1. The fourth-order valence-electron chi connectivity index (χ4n) is 2.96. The second-order valence-electron chi connectivity index (χ2n) is 6.13. The van der Waals surface area contributed by atoms with Crippen LogP contribution in [0.2, 0.25) is 0 Å². The molecule has 7 nitrogen and oxygen atoms in total. The predicted octanol–water partition coefficient (Wildman–Crippen LogP) is 1.11. The van der Waals surface area contributed by atoms with Crippen LogP contribution in [0, 0.1) is 5.92 Å². The minimum atomic E-state index is -0.252. The van der Waals surface area contributed by atoms with E-state index in [9.17, 15) is 9.59 Å². The highest BCUT2D eigenvalue weighted by Gasteiger charge is 2.24. The molecule has 1 saturated heterocycles. The molecule has 0 unspecified atom stereocenters. The summed E-state index contributed by atoms with van der Waals surface area (Å²) in [5.41, 5.74) is 7.78. The molecule has 1 atom stereocenters. The Morgan fingerprint density at radius 1 is 1.24 bits per heavy atom. The molecule has 2 amide bonds. The van der Waals surface area contributed by atoms with Crippen molar-refractivity contribution in [3.8, 4) is 0 Å².